The lowest BCUT2D eigenvalue weighted by atomic mass is 9.79. The van der Waals surface area contributed by atoms with E-state index in [9.17, 15) is 0 Å². The molecule has 0 heteroatoms. The van der Waals surface area contributed by atoms with E-state index in [-0.39, 0.29) is 10.8 Å². The lowest BCUT2D eigenvalue weighted by Gasteiger charge is -2.26. The average Bonchev–Trinajstić information content (AvgIpc) is 2.35. The molecule has 0 aromatic rings. The standard InChI is InChI=1S/C20H34/c1-18(2,3)14-15-12-16(19(4,5)6)10-11-17(13-15)20(7,8)9/h10-13,15H,14H2,1-9H3. The van der Waals surface area contributed by atoms with Gasteiger partial charge in [-0.1, -0.05) is 86.6 Å². The van der Waals surface area contributed by atoms with Crippen LogP contribution in [0, 0.1) is 22.2 Å². The van der Waals surface area contributed by atoms with Crippen molar-refractivity contribution < 1.29 is 0 Å². The minimum absolute atomic E-state index is 0.216. The molecule has 0 bridgehead atoms. The van der Waals surface area contributed by atoms with Crippen LogP contribution in [0.2, 0.25) is 0 Å². The fraction of sp³-hybridized carbons (Fsp3) is 0.700. The Labute approximate surface area is 127 Å². The Hall–Kier alpha value is -0.780. The van der Waals surface area contributed by atoms with Gasteiger partial charge in [0.1, 0.15) is 0 Å². The molecule has 0 saturated heterocycles. The summed E-state index contributed by atoms with van der Waals surface area (Å²) in [6, 6.07) is 0. The third kappa shape index (κ3) is 5.31. The first kappa shape index (κ1) is 17.3. The van der Waals surface area contributed by atoms with Crippen LogP contribution < -0.4 is 0 Å². The van der Waals surface area contributed by atoms with Crippen LogP contribution in [0.4, 0.5) is 0 Å². The van der Waals surface area contributed by atoms with Crippen LogP contribution in [0.5, 0.6) is 0 Å². The summed E-state index contributed by atoms with van der Waals surface area (Å²) in [6.07, 6.45) is 10.8. The molecular formula is C20H34. The second kappa shape index (κ2) is 5.54. The van der Waals surface area contributed by atoms with Crippen LogP contribution >= 0.6 is 0 Å². The molecule has 0 radical (unpaired) electrons. The molecule has 0 spiro atoms. The van der Waals surface area contributed by atoms with Gasteiger partial charge in [0.25, 0.3) is 0 Å². The van der Waals surface area contributed by atoms with Gasteiger partial charge in [-0.15, -0.1) is 0 Å². The first-order valence-electron chi connectivity index (χ1n) is 7.92. The molecule has 0 amide bonds. The number of hydrogen-bond acceptors (Lipinski definition) is 0. The first-order valence-corrected chi connectivity index (χ1v) is 7.92. The third-order valence-electron chi connectivity index (χ3n) is 3.81. The van der Waals surface area contributed by atoms with Crippen molar-refractivity contribution in [3.05, 3.63) is 35.5 Å². The predicted molar refractivity (Wildman–Crippen MR) is 91.8 cm³/mol. The summed E-state index contributed by atoms with van der Waals surface area (Å²) in [5, 5.41) is 0. The normalized spacial score (nSPS) is 18.6. The molecule has 0 unspecified atom stereocenters. The lowest BCUT2D eigenvalue weighted by molar-refractivity contribution is 0.347. The van der Waals surface area contributed by atoms with Gasteiger partial charge in [0, 0.05) is 0 Å². The van der Waals surface area contributed by atoms with Crippen LogP contribution in [0.25, 0.3) is 0 Å². The SMILES string of the molecule is CC(C)(C)CC1C=C(C(C)(C)C)C=CC(C(C)(C)C)=C1. The molecule has 0 aromatic carbocycles. The number of rotatable bonds is 1. The Balaban J connectivity index is 3.20. The van der Waals surface area contributed by atoms with Gasteiger partial charge >= 0.3 is 0 Å². The van der Waals surface area contributed by atoms with E-state index in [1.165, 1.54) is 17.6 Å². The summed E-state index contributed by atoms with van der Waals surface area (Å²) in [5.74, 6) is 0.536. The van der Waals surface area contributed by atoms with Crippen molar-refractivity contribution in [2.45, 2.75) is 68.7 Å². The molecule has 1 aliphatic rings. The molecule has 1 aliphatic carbocycles. The zero-order valence-electron chi connectivity index (χ0n) is 15.1. The molecule has 0 atom stereocenters. The third-order valence-corrected chi connectivity index (χ3v) is 3.81. The molecule has 20 heavy (non-hydrogen) atoms. The Morgan fingerprint density at radius 2 is 1.05 bits per heavy atom. The van der Waals surface area contributed by atoms with E-state index in [0.29, 0.717) is 11.3 Å². The first-order chi connectivity index (χ1) is 8.79. The number of hydrogen-bond donors (Lipinski definition) is 0. The smallest absolute Gasteiger partial charge is 0.00365 e. The van der Waals surface area contributed by atoms with Crippen molar-refractivity contribution in [2.75, 3.05) is 0 Å². The van der Waals surface area contributed by atoms with Crippen molar-refractivity contribution in [2.24, 2.45) is 22.2 Å². The summed E-state index contributed by atoms with van der Waals surface area (Å²) in [7, 11) is 0. The van der Waals surface area contributed by atoms with E-state index in [1.807, 2.05) is 0 Å². The summed E-state index contributed by atoms with van der Waals surface area (Å²) in [4.78, 5) is 0. The summed E-state index contributed by atoms with van der Waals surface area (Å²) in [5.41, 5.74) is 3.71. The van der Waals surface area contributed by atoms with Gasteiger partial charge in [-0.3, -0.25) is 0 Å². The highest BCUT2D eigenvalue weighted by atomic mass is 14.3. The van der Waals surface area contributed by atoms with Gasteiger partial charge in [0.05, 0.1) is 0 Å². The Bertz CT molecular complexity index is 388. The molecule has 0 saturated carbocycles. The van der Waals surface area contributed by atoms with Gasteiger partial charge in [-0.25, -0.2) is 0 Å². The second-order valence-electron chi connectivity index (χ2n) is 9.51. The molecule has 1 rings (SSSR count). The fourth-order valence-electron chi connectivity index (χ4n) is 2.63. The van der Waals surface area contributed by atoms with Crippen LogP contribution in [0.3, 0.4) is 0 Å². The molecule has 114 valence electrons. The minimum Gasteiger partial charge on any atom is -0.0738 e. The van der Waals surface area contributed by atoms with Gasteiger partial charge in [0.2, 0.25) is 0 Å². The summed E-state index contributed by atoms with van der Waals surface area (Å²) in [6.45, 7) is 20.8. The highest BCUT2D eigenvalue weighted by molar-refractivity contribution is 5.38. The minimum atomic E-state index is 0.216. The highest BCUT2D eigenvalue weighted by Crippen LogP contribution is 2.38. The fourth-order valence-corrected chi connectivity index (χ4v) is 2.63. The Morgan fingerprint density at radius 3 is 1.30 bits per heavy atom. The quantitative estimate of drug-likeness (QED) is 0.508. The van der Waals surface area contributed by atoms with E-state index < -0.39 is 0 Å². The van der Waals surface area contributed by atoms with Crippen molar-refractivity contribution in [3.8, 4) is 0 Å². The second-order valence-corrected chi connectivity index (χ2v) is 9.51. The Kier molecular flexibility index (Phi) is 4.79. The molecule has 0 fully saturated rings. The largest absolute Gasteiger partial charge is 0.0738 e. The topological polar surface area (TPSA) is 0 Å². The summed E-state index contributed by atoms with van der Waals surface area (Å²) < 4.78 is 0. The van der Waals surface area contributed by atoms with Crippen molar-refractivity contribution >= 4 is 0 Å². The van der Waals surface area contributed by atoms with E-state index in [0.717, 1.165) is 0 Å². The van der Waals surface area contributed by atoms with E-state index in [1.54, 1.807) is 0 Å². The lowest BCUT2D eigenvalue weighted by Crippen LogP contribution is -2.14. The zero-order chi connectivity index (χ0) is 15.8. The molecule has 0 aromatic heterocycles. The van der Waals surface area contributed by atoms with Crippen molar-refractivity contribution in [1.29, 1.82) is 0 Å². The van der Waals surface area contributed by atoms with Gasteiger partial charge in [0.15, 0.2) is 0 Å². The average molecular weight is 274 g/mol. The maximum atomic E-state index is 2.49. The highest BCUT2D eigenvalue weighted by Gasteiger charge is 2.24. The molecule has 0 heterocycles. The van der Waals surface area contributed by atoms with E-state index in [2.05, 4.69) is 86.6 Å². The van der Waals surface area contributed by atoms with E-state index in [4.69, 9.17) is 0 Å². The maximum absolute atomic E-state index is 2.49. The monoisotopic (exact) mass is 274 g/mol. The van der Waals surface area contributed by atoms with Gasteiger partial charge < -0.3 is 0 Å². The maximum Gasteiger partial charge on any atom is -0.00365 e. The molecule has 0 nitrogen and oxygen atoms in total. The summed E-state index contributed by atoms with van der Waals surface area (Å²) >= 11 is 0. The van der Waals surface area contributed by atoms with Crippen LogP contribution in [0.15, 0.2) is 35.5 Å². The van der Waals surface area contributed by atoms with Crippen LogP contribution in [-0.2, 0) is 0 Å². The predicted octanol–water partition coefficient (Wildman–Crippen LogP) is 6.55. The van der Waals surface area contributed by atoms with Crippen LogP contribution in [-0.4, -0.2) is 0 Å². The molecule has 0 aliphatic heterocycles. The van der Waals surface area contributed by atoms with Gasteiger partial charge in [-0.2, -0.15) is 0 Å². The number of allylic oxidation sites excluding steroid dienone is 6. The van der Waals surface area contributed by atoms with E-state index >= 15 is 0 Å². The Morgan fingerprint density at radius 1 is 0.700 bits per heavy atom. The van der Waals surface area contributed by atoms with Crippen LogP contribution in [0.1, 0.15) is 68.7 Å². The van der Waals surface area contributed by atoms with Crippen molar-refractivity contribution in [1.82, 2.24) is 0 Å². The van der Waals surface area contributed by atoms with Crippen molar-refractivity contribution in [3.63, 3.8) is 0 Å². The molecule has 0 N–H and O–H groups in total. The van der Waals surface area contributed by atoms with Gasteiger partial charge in [-0.05, 0) is 39.7 Å². The molecular weight excluding hydrogens is 240 g/mol. The zero-order valence-corrected chi connectivity index (χ0v) is 15.1.